The van der Waals surface area contributed by atoms with Crippen molar-refractivity contribution in [2.24, 2.45) is 7.05 Å². The molecule has 1 N–H and O–H groups in total. The molecular weight excluding hydrogens is 176 g/mol. The fourth-order valence-electron chi connectivity index (χ4n) is 1.33. The van der Waals surface area contributed by atoms with Crippen molar-refractivity contribution >= 4 is 5.69 Å². The van der Waals surface area contributed by atoms with Crippen LogP contribution in [0.3, 0.4) is 0 Å². The van der Waals surface area contributed by atoms with Gasteiger partial charge in [-0.1, -0.05) is 0 Å². The zero-order valence-corrected chi connectivity index (χ0v) is 8.75. The quantitative estimate of drug-likeness (QED) is 0.724. The Balaban J connectivity index is 2.25. The van der Waals surface area contributed by atoms with Gasteiger partial charge in [-0.2, -0.15) is 10.4 Å². The number of nitrogens with zero attached hydrogens (tertiary/aromatic N) is 3. The second kappa shape index (κ2) is 5.28. The molecule has 1 aromatic heterocycles. The molecule has 0 radical (unpaired) electrons. The van der Waals surface area contributed by atoms with Crippen LogP contribution in [0.15, 0.2) is 6.20 Å². The molecule has 0 saturated heterocycles. The molecule has 0 aliphatic heterocycles. The predicted molar refractivity (Wildman–Crippen MR) is 55.9 cm³/mol. The lowest BCUT2D eigenvalue weighted by molar-refractivity contribution is 0.756. The van der Waals surface area contributed by atoms with E-state index in [9.17, 15) is 0 Å². The van der Waals surface area contributed by atoms with Gasteiger partial charge in [0.2, 0.25) is 0 Å². The van der Waals surface area contributed by atoms with E-state index in [1.54, 1.807) is 4.68 Å². The largest absolute Gasteiger partial charge is 0.382 e. The second-order valence-corrected chi connectivity index (χ2v) is 3.34. The highest BCUT2D eigenvalue weighted by molar-refractivity contribution is 5.45. The van der Waals surface area contributed by atoms with Crippen LogP contribution in [0.5, 0.6) is 0 Å². The van der Waals surface area contributed by atoms with Crippen LogP contribution in [0, 0.1) is 18.3 Å². The molecule has 0 aliphatic rings. The normalized spacial score (nSPS) is 9.79. The Morgan fingerprint density at radius 3 is 2.93 bits per heavy atom. The first-order chi connectivity index (χ1) is 6.74. The summed E-state index contributed by atoms with van der Waals surface area (Å²) in [6.07, 6.45) is 4.61. The molecular formula is C10H16N4. The zero-order chi connectivity index (χ0) is 10.4. The van der Waals surface area contributed by atoms with Gasteiger partial charge in [-0.05, 0) is 19.8 Å². The highest BCUT2D eigenvalue weighted by atomic mass is 15.3. The number of aryl methyl sites for hydroxylation is 2. The summed E-state index contributed by atoms with van der Waals surface area (Å²) in [6.45, 7) is 2.89. The van der Waals surface area contributed by atoms with E-state index in [0.29, 0.717) is 6.42 Å². The summed E-state index contributed by atoms with van der Waals surface area (Å²) in [7, 11) is 1.91. The van der Waals surface area contributed by atoms with Crippen molar-refractivity contribution in [3.63, 3.8) is 0 Å². The summed E-state index contributed by atoms with van der Waals surface area (Å²) in [5.74, 6) is 0. The van der Waals surface area contributed by atoms with Gasteiger partial charge in [0.25, 0.3) is 0 Å². The Labute approximate surface area is 84.5 Å². The molecule has 0 unspecified atom stereocenters. The third-order valence-corrected chi connectivity index (χ3v) is 2.04. The Morgan fingerprint density at radius 2 is 2.36 bits per heavy atom. The van der Waals surface area contributed by atoms with Crippen molar-refractivity contribution in [3.8, 4) is 6.07 Å². The summed E-state index contributed by atoms with van der Waals surface area (Å²) in [5, 5.41) is 15.9. The average molecular weight is 192 g/mol. The lowest BCUT2D eigenvalue weighted by atomic mass is 10.2. The minimum absolute atomic E-state index is 0.647. The maximum absolute atomic E-state index is 8.35. The van der Waals surface area contributed by atoms with E-state index in [-0.39, 0.29) is 0 Å². The van der Waals surface area contributed by atoms with Crippen molar-refractivity contribution < 1.29 is 0 Å². The molecule has 1 rings (SSSR count). The van der Waals surface area contributed by atoms with Crippen LogP contribution >= 0.6 is 0 Å². The van der Waals surface area contributed by atoms with Crippen LogP contribution in [-0.2, 0) is 7.05 Å². The van der Waals surface area contributed by atoms with Gasteiger partial charge >= 0.3 is 0 Å². The van der Waals surface area contributed by atoms with E-state index in [0.717, 1.165) is 30.8 Å². The number of rotatable bonds is 5. The fourth-order valence-corrected chi connectivity index (χ4v) is 1.33. The number of hydrogen-bond acceptors (Lipinski definition) is 3. The fraction of sp³-hybridized carbons (Fsp3) is 0.600. The third kappa shape index (κ3) is 3.09. The van der Waals surface area contributed by atoms with Crippen molar-refractivity contribution in [2.45, 2.75) is 26.2 Å². The molecule has 0 aliphatic carbocycles. The molecule has 0 saturated carbocycles. The summed E-state index contributed by atoms with van der Waals surface area (Å²) in [6, 6.07) is 2.14. The molecule has 0 spiro atoms. The molecule has 14 heavy (non-hydrogen) atoms. The van der Waals surface area contributed by atoms with Crippen LogP contribution in [0.2, 0.25) is 0 Å². The van der Waals surface area contributed by atoms with Crippen LogP contribution in [0.1, 0.15) is 25.0 Å². The Bertz CT molecular complexity index is 321. The molecule has 4 heteroatoms. The van der Waals surface area contributed by atoms with Gasteiger partial charge < -0.3 is 5.32 Å². The van der Waals surface area contributed by atoms with E-state index in [1.165, 1.54) is 0 Å². The minimum atomic E-state index is 0.647. The highest BCUT2D eigenvalue weighted by Crippen LogP contribution is 2.11. The summed E-state index contributed by atoms with van der Waals surface area (Å²) in [4.78, 5) is 0. The smallest absolute Gasteiger partial charge is 0.0824 e. The molecule has 0 amide bonds. The maximum Gasteiger partial charge on any atom is 0.0824 e. The van der Waals surface area contributed by atoms with Crippen molar-refractivity contribution in [1.82, 2.24) is 9.78 Å². The number of anilines is 1. The number of unbranched alkanes of at least 4 members (excludes halogenated alkanes) is 2. The second-order valence-electron chi connectivity index (χ2n) is 3.34. The van der Waals surface area contributed by atoms with Crippen molar-refractivity contribution in [2.75, 3.05) is 11.9 Å². The van der Waals surface area contributed by atoms with Gasteiger partial charge in [0.15, 0.2) is 0 Å². The lowest BCUT2D eigenvalue weighted by Crippen LogP contribution is -2.01. The third-order valence-electron chi connectivity index (χ3n) is 2.04. The number of nitrogens with one attached hydrogen (secondary N) is 1. The number of hydrogen-bond donors (Lipinski definition) is 1. The zero-order valence-electron chi connectivity index (χ0n) is 8.75. The van der Waals surface area contributed by atoms with Crippen molar-refractivity contribution in [1.29, 1.82) is 5.26 Å². The average Bonchev–Trinajstić information content (AvgIpc) is 2.45. The van der Waals surface area contributed by atoms with Gasteiger partial charge in [-0.3, -0.25) is 4.68 Å². The molecule has 1 heterocycles. The van der Waals surface area contributed by atoms with Crippen LogP contribution in [0.4, 0.5) is 5.69 Å². The van der Waals surface area contributed by atoms with E-state index >= 15 is 0 Å². The number of nitriles is 1. The van der Waals surface area contributed by atoms with Crippen LogP contribution in [-0.4, -0.2) is 16.3 Å². The molecule has 0 bridgehead atoms. The van der Waals surface area contributed by atoms with Gasteiger partial charge in [-0.15, -0.1) is 0 Å². The molecule has 4 nitrogen and oxygen atoms in total. The van der Waals surface area contributed by atoms with Crippen LogP contribution in [0.25, 0.3) is 0 Å². The first-order valence-electron chi connectivity index (χ1n) is 4.85. The monoisotopic (exact) mass is 192 g/mol. The summed E-state index contributed by atoms with van der Waals surface area (Å²) >= 11 is 0. The van der Waals surface area contributed by atoms with Gasteiger partial charge in [0.1, 0.15) is 0 Å². The number of aromatic nitrogens is 2. The van der Waals surface area contributed by atoms with Gasteiger partial charge in [-0.25, -0.2) is 0 Å². The molecule has 1 aromatic rings. The van der Waals surface area contributed by atoms with E-state index in [4.69, 9.17) is 5.26 Å². The van der Waals surface area contributed by atoms with Gasteiger partial charge in [0, 0.05) is 26.2 Å². The Hall–Kier alpha value is -1.50. The van der Waals surface area contributed by atoms with Gasteiger partial charge in [0.05, 0.1) is 17.5 Å². The van der Waals surface area contributed by atoms with E-state index < -0.39 is 0 Å². The summed E-state index contributed by atoms with van der Waals surface area (Å²) < 4.78 is 1.80. The first-order valence-corrected chi connectivity index (χ1v) is 4.85. The highest BCUT2D eigenvalue weighted by Gasteiger charge is 2.00. The maximum atomic E-state index is 8.35. The molecule has 0 atom stereocenters. The standard InChI is InChI=1S/C10H16N4/c1-9-10(8-14(2)13-9)12-7-5-3-4-6-11/h8,12H,3-5,7H2,1-2H3. The SMILES string of the molecule is Cc1nn(C)cc1NCCCCC#N. The van der Waals surface area contributed by atoms with Crippen molar-refractivity contribution in [3.05, 3.63) is 11.9 Å². The molecule has 0 aromatic carbocycles. The molecule has 76 valence electrons. The predicted octanol–water partition coefficient (Wildman–Crippen LogP) is 1.83. The van der Waals surface area contributed by atoms with Crippen LogP contribution < -0.4 is 5.32 Å². The minimum Gasteiger partial charge on any atom is -0.382 e. The van der Waals surface area contributed by atoms with E-state index in [1.807, 2.05) is 20.2 Å². The van der Waals surface area contributed by atoms with E-state index in [2.05, 4.69) is 16.5 Å². The Morgan fingerprint density at radius 1 is 1.57 bits per heavy atom. The lowest BCUT2D eigenvalue weighted by Gasteiger charge is -2.02. The molecule has 0 fully saturated rings. The topological polar surface area (TPSA) is 53.6 Å². The Kier molecular flexibility index (Phi) is 3.99. The summed E-state index contributed by atoms with van der Waals surface area (Å²) in [5.41, 5.74) is 2.11. The first kappa shape index (κ1) is 10.6.